The molecule has 0 unspecified atom stereocenters. The molecule has 1 rings (SSSR count). The maximum atomic E-state index is 10.4. The van der Waals surface area contributed by atoms with Crippen LogP contribution in [0.25, 0.3) is 0 Å². The molecule has 5 heteroatoms. The van der Waals surface area contributed by atoms with Gasteiger partial charge >= 0.3 is 0 Å². The van der Waals surface area contributed by atoms with E-state index in [0.717, 1.165) is 12.1 Å². The fourth-order valence-electron chi connectivity index (χ4n) is 0.735. The molecule has 0 fully saturated rings. The highest BCUT2D eigenvalue weighted by molar-refractivity contribution is 5.93. The maximum absolute atomic E-state index is 10.4. The van der Waals surface area contributed by atoms with Gasteiger partial charge in [-0.05, 0) is 12.1 Å². The number of hydrogen-bond acceptors (Lipinski definition) is 4. The third kappa shape index (κ3) is 1.24. The molecule has 12 heavy (non-hydrogen) atoms. The van der Waals surface area contributed by atoms with Crippen LogP contribution in [0.1, 0.15) is 10.4 Å². The molecule has 0 aliphatic carbocycles. The molecule has 1 amide bonds. The van der Waals surface area contributed by atoms with Gasteiger partial charge < -0.3 is 15.3 Å². The average molecular weight is 168 g/mol. The van der Waals surface area contributed by atoms with E-state index in [1.807, 2.05) is 0 Å². The molecule has 0 saturated carbocycles. The second kappa shape index (κ2) is 2.61. The zero-order chi connectivity index (χ0) is 9.30. The van der Waals surface area contributed by atoms with Crippen LogP contribution >= 0.6 is 0 Å². The summed E-state index contributed by atoms with van der Waals surface area (Å²) in [5.41, 5.74) is 6.46. The molecular weight excluding hydrogens is 162 g/mol. The van der Waals surface area contributed by atoms with Crippen molar-refractivity contribution in [1.82, 2.24) is 5.73 Å². The molecule has 4 N–H and O–H groups in total. The second-order valence-electron chi connectivity index (χ2n) is 2.19. The number of hydrogen-bond donors (Lipinski definition) is 3. The predicted molar refractivity (Wildman–Crippen MR) is 38.9 cm³/mol. The van der Waals surface area contributed by atoms with Crippen LogP contribution in [-0.4, -0.2) is 21.2 Å². The summed E-state index contributed by atoms with van der Waals surface area (Å²) in [6, 6.07) is 1.81. The normalized spacial score (nSPS) is 9.67. The van der Waals surface area contributed by atoms with Crippen molar-refractivity contribution in [2.45, 2.75) is 0 Å². The van der Waals surface area contributed by atoms with Crippen molar-refractivity contribution < 1.29 is 20.1 Å². The van der Waals surface area contributed by atoms with Gasteiger partial charge in [0.15, 0.2) is 17.2 Å². The summed E-state index contributed by atoms with van der Waals surface area (Å²) >= 11 is 0. The van der Waals surface area contributed by atoms with Crippen LogP contribution in [0.3, 0.4) is 0 Å². The molecular formula is C7H6NO4. The lowest BCUT2D eigenvalue weighted by molar-refractivity contribution is 0.0991. The number of phenolic OH excluding ortho intramolecular Hbond substituents is 3. The number of rotatable bonds is 1. The van der Waals surface area contributed by atoms with E-state index in [1.165, 1.54) is 0 Å². The summed E-state index contributed by atoms with van der Waals surface area (Å²) < 4.78 is 0. The summed E-state index contributed by atoms with van der Waals surface area (Å²) in [5, 5.41) is 26.6. The summed E-state index contributed by atoms with van der Waals surface area (Å²) in [6.45, 7) is 0. The third-order valence-electron chi connectivity index (χ3n) is 1.33. The summed E-state index contributed by atoms with van der Waals surface area (Å²) in [4.78, 5) is 10.4. The number of phenols is 3. The Balaban J connectivity index is 3.31. The second-order valence-corrected chi connectivity index (χ2v) is 2.19. The van der Waals surface area contributed by atoms with E-state index < -0.39 is 23.2 Å². The lowest BCUT2D eigenvalue weighted by Gasteiger charge is -2.01. The van der Waals surface area contributed by atoms with Crippen molar-refractivity contribution in [2.24, 2.45) is 0 Å². The lowest BCUT2D eigenvalue weighted by Crippen LogP contribution is -1.97. The molecule has 0 atom stereocenters. The Morgan fingerprint density at radius 2 is 1.58 bits per heavy atom. The summed E-state index contributed by atoms with van der Waals surface area (Å²) in [7, 11) is 0. The molecule has 0 bridgehead atoms. The van der Waals surface area contributed by atoms with Crippen LogP contribution in [0.2, 0.25) is 0 Å². The zero-order valence-corrected chi connectivity index (χ0v) is 5.90. The van der Waals surface area contributed by atoms with Gasteiger partial charge in [0.2, 0.25) is 0 Å². The van der Waals surface area contributed by atoms with Crippen LogP contribution in [-0.2, 0) is 0 Å². The van der Waals surface area contributed by atoms with Crippen molar-refractivity contribution in [1.29, 1.82) is 0 Å². The molecule has 0 spiro atoms. The Morgan fingerprint density at radius 3 is 1.92 bits per heavy atom. The Kier molecular flexibility index (Phi) is 1.78. The molecule has 0 aliphatic rings. The first kappa shape index (κ1) is 8.19. The van der Waals surface area contributed by atoms with E-state index in [2.05, 4.69) is 0 Å². The minimum Gasteiger partial charge on any atom is -0.504 e. The zero-order valence-electron chi connectivity index (χ0n) is 5.90. The van der Waals surface area contributed by atoms with Gasteiger partial charge in [-0.25, -0.2) is 0 Å². The van der Waals surface area contributed by atoms with Gasteiger partial charge in [0.25, 0.3) is 5.91 Å². The van der Waals surface area contributed by atoms with Gasteiger partial charge in [-0.1, -0.05) is 0 Å². The molecule has 0 aromatic heterocycles. The van der Waals surface area contributed by atoms with Crippen LogP contribution in [0.15, 0.2) is 12.1 Å². The maximum Gasteiger partial charge on any atom is 0.269 e. The third-order valence-corrected chi connectivity index (χ3v) is 1.33. The van der Waals surface area contributed by atoms with Gasteiger partial charge in [-0.15, -0.1) is 0 Å². The van der Waals surface area contributed by atoms with Crippen molar-refractivity contribution in [3.05, 3.63) is 17.7 Å². The van der Waals surface area contributed by atoms with E-state index in [1.54, 1.807) is 0 Å². The Hall–Kier alpha value is -1.91. The number of carbonyl (C=O) groups excluding carboxylic acids is 1. The fourth-order valence-corrected chi connectivity index (χ4v) is 0.735. The molecule has 1 aromatic carbocycles. The highest BCUT2D eigenvalue weighted by Crippen LogP contribution is 2.35. The number of nitrogens with one attached hydrogen (secondary N) is 1. The Labute approximate surface area is 67.7 Å². The summed E-state index contributed by atoms with van der Waals surface area (Å²) in [5.74, 6) is -2.98. The highest BCUT2D eigenvalue weighted by atomic mass is 16.3. The van der Waals surface area contributed by atoms with Crippen molar-refractivity contribution in [3.8, 4) is 17.2 Å². The average Bonchev–Trinajstić information content (AvgIpc) is 1.99. The first-order valence-electron chi connectivity index (χ1n) is 3.03. The van der Waals surface area contributed by atoms with Gasteiger partial charge in [-0.3, -0.25) is 10.5 Å². The fraction of sp³-hybridized carbons (Fsp3) is 0. The molecule has 0 heterocycles. The van der Waals surface area contributed by atoms with Crippen molar-refractivity contribution in [3.63, 3.8) is 0 Å². The minimum absolute atomic E-state index is 0.178. The molecule has 1 radical (unpaired) electrons. The first-order valence-corrected chi connectivity index (χ1v) is 3.03. The van der Waals surface area contributed by atoms with Crippen molar-refractivity contribution in [2.75, 3.05) is 0 Å². The van der Waals surface area contributed by atoms with E-state index in [0.29, 0.717) is 0 Å². The van der Waals surface area contributed by atoms with Crippen LogP contribution in [0, 0.1) is 0 Å². The van der Waals surface area contributed by atoms with Gasteiger partial charge in [0.1, 0.15) is 0 Å². The lowest BCUT2D eigenvalue weighted by atomic mass is 10.2. The Bertz CT molecular complexity index is 311. The van der Waals surface area contributed by atoms with E-state index in [-0.39, 0.29) is 5.56 Å². The summed E-state index contributed by atoms with van der Waals surface area (Å²) in [6.07, 6.45) is 0. The standard InChI is InChI=1S/C7H6NO4/c8-7(12)3-1-4(9)6(11)5(10)2-3/h1-2,8-11H. The first-order chi connectivity index (χ1) is 5.52. The monoisotopic (exact) mass is 168 g/mol. The van der Waals surface area contributed by atoms with Crippen molar-refractivity contribution >= 4 is 5.91 Å². The molecule has 1 aromatic rings. The van der Waals surface area contributed by atoms with E-state index in [4.69, 9.17) is 21.1 Å². The predicted octanol–water partition coefficient (Wildman–Crippen LogP) is 0.226. The molecule has 63 valence electrons. The van der Waals surface area contributed by atoms with Crippen LogP contribution in [0.4, 0.5) is 0 Å². The SMILES string of the molecule is [NH]C(=O)c1cc(O)c(O)c(O)c1. The van der Waals surface area contributed by atoms with Crippen LogP contribution in [0.5, 0.6) is 17.2 Å². The quantitative estimate of drug-likeness (QED) is 0.522. The number of benzene rings is 1. The van der Waals surface area contributed by atoms with Crippen LogP contribution < -0.4 is 5.73 Å². The number of carbonyl (C=O) groups is 1. The molecule has 5 nitrogen and oxygen atoms in total. The van der Waals surface area contributed by atoms with Gasteiger partial charge in [-0.2, -0.15) is 0 Å². The van der Waals surface area contributed by atoms with E-state index >= 15 is 0 Å². The largest absolute Gasteiger partial charge is 0.504 e. The Morgan fingerprint density at radius 1 is 1.17 bits per heavy atom. The topological polar surface area (TPSA) is 102 Å². The van der Waals surface area contributed by atoms with Gasteiger partial charge in [0, 0.05) is 5.56 Å². The molecule has 0 saturated heterocycles. The minimum atomic E-state index is -1.04. The number of amides is 1. The molecule has 0 aliphatic heterocycles. The van der Waals surface area contributed by atoms with Gasteiger partial charge in [0.05, 0.1) is 0 Å². The number of aromatic hydroxyl groups is 3. The highest BCUT2D eigenvalue weighted by Gasteiger charge is 2.10. The smallest absolute Gasteiger partial charge is 0.269 e. The van der Waals surface area contributed by atoms with E-state index in [9.17, 15) is 4.79 Å².